The number of ketones is 2. The molecule has 19 heteroatoms. The van der Waals surface area contributed by atoms with Crippen LogP contribution in [0.5, 0.6) is 0 Å². The number of carbonyl (C=O) groups is 5. The number of nitrogens with one attached hydrogen (secondary N) is 1. The number of likely N-dealkylation sites (tertiary alicyclic amines) is 1. The summed E-state index contributed by atoms with van der Waals surface area (Å²) in [6.07, 6.45) is -12.0. The summed E-state index contributed by atoms with van der Waals surface area (Å²) in [5.41, 5.74) is 0. The van der Waals surface area contributed by atoms with E-state index in [-0.39, 0.29) is 142 Å². The fourth-order valence-electron chi connectivity index (χ4n) is 1.22. The van der Waals surface area contributed by atoms with Crippen molar-refractivity contribution >= 4 is 53.2 Å². The summed E-state index contributed by atoms with van der Waals surface area (Å²) < 4.78 is 67.8. The van der Waals surface area contributed by atoms with Gasteiger partial charge in [0.25, 0.3) is 6.47 Å². The zero-order chi connectivity index (χ0) is 23.3. The molecule has 0 saturated carbocycles. The Morgan fingerprint density at radius 2 is 1.38 bits per heavy atom. The fraction of sp³-hybridized carbons (Fsp3) is 0.615. The average molecular weight is 575 g/mol. The Balaban J connectivity index is -0.0000000765. The van der Waals surface area contributed by atoms with E-state index in [0.717, 1.165) is 4.90 Å². The number of halogens is 8. The molecule has 2 fully saturated rings. The Bertz CT molecular complexity index is 591. The number of alkyl halides is 6. The summed E-state index contributed by atoms with van der Waals surface area (Å²) in [4.78, 5) is 52.4. The van der Waals surface area contributed by atoms with Gasteiger partial charge in [0.2, 0.25) is 11.1 Å². The van der Waals surface area contributed by atoms with Gasteiger partial charge in [-0.15, -0.1) is 12.4 Å². The first-order valence-electron chi connectivity index (χ1n) is 7.17. The molecule has 0 aliphatic carbocycles. The summed E-state index contributed by atoms with van der Waals surface area (Å²) in [6.45, 7) is 0.670. The second kappa shape index (κ2) is 22.7. The van der Waals surface area contributed by atoms with Crippen molar-refractivity contribution in [3.63, 3.8) is 0 Å². The summed E-state index contributed by atoms with van der Waals surface area (Å²) >= 11 is 4.40. The maximum atomic E-state index is 11.6. The van der Waals surface area contributed by atoms with Crippen molar-refractivity contribution in [3.05, 3.63) is 0 Å². The van der Waals surface area contributed by atoms with Gasteiger partial charge in [-0.1, -0.05) is 0 Å². The Morgan fingerprint density at radius 3 is 1.50 bits per heavy atom. The van der Waals surface area contributed by atoms with E-state index in [4.69, 9.17) is 10.1 Å². The molecule has 178 valence electrons. The molecular formula is C13H16Cl2F6K2N2O7. The minimum atomic E-state index is -4.48. The predicted octanol–water partition coefficient (Wildman–Crippen LogP) is -5.81. The molecule has 0 radical (unpaired) electrons. The molecule has 1 amide bonds. The topological polar surface area (TPSA) is 133 Å². The largest absolute Gasteiger partial charge is 1.00 e. The molecular weight excluding hydrogens is 559 g/mol. The van der Waals surface area contributed by atoms with Gasteiger partial charge >= 0.3 is 115 Å². The monoisotopic (exact) mass is 574 g/mol. The molecule has 0 aromatic rings. The number of hydrogen-bond acceptors (Lipinski definition) is 8. The van der Waals surface area contributed by atoms with Gasteiger partial charge in [-0.2, -0.15) is 26.3 Å². The van der Waals surface area contributed by atoms with Crippen molar-refractivity contribution in [1.82, 2.24) is 10.2 Å². The molecule has 9 nitrogen and oxygen atoms in total. The fourth-order valence-corrected chi connectivity index (χ4v) is 1.38. The van der Waals surface area contributed by atoms with Gasteiger partial charge in [0.15, 0.2) is 11.6 Å². The minimum Gasteiger partial charge on any atom is -1.00 e. The van der Waals surface area contributed by atoms with Crippen LogP contribution in [0, 0.1) is 0 Å². The third-order valence-electron chi connectivity index (χ3n) is 2.46. The van der Waals surface area contributed by atoms with Gasteiger partial charge in [-0.05, 0) is 11.6 Å². The molecule has 0 aromatic carbocycles. The summed E-state index contributed by atoms with van der Waals surface area (Å²) in [6, 6.07) is 0. The molecule has 0 bridgehead atoms. The van der Waals surface area contributed by atoms with E-state index in [1.165, 1.54) is 0 Å². The molecule has 0 spiro atoms. The Hall–Kier alpha value is 1.30. The molecule has 0 unspecified atom stereocenters. The van der Waals surface area contributed by atoms with Gasteiger partial charge in [-0.3, -0.25) is 24.0 Å². The number of Topliss-reactive ketones (excluding diaryl/α,β-unsaturated/α-hetero) is 2. The van der Waals surface area contributed by atoms with E-state index in [2.05, 4.69) is 21.8 Å². The van der Waals surface area contributed by atoms with Gasteiger partial charge in [0.1, 0.15) is 12.8 Å². The summed E-state index contributed by atoms with van der Waals surface area (Å²) in [5, 5.41) is 9.86. The van der Waals surface area contributed by atoms with Crippen LogP contribution < -0.4 is 113 Å². The Kier molecular flexibility index (Phi) is 30.8. The maximum absolute atomic E-state index is 11.6. The quantitative estimate of drug-likeness (QED) is 0.0880. The van der Waals surface area contributed by atoms with Crippen molar-refractivity contribution in [2.75, 3.05) is 26.2 Å². The second-order valence-corrected chi connectivity index (χ2v) is 5.48. The first kappa shape index (κ1) is 43.4. The number of amides is 1. The van der Waals surface area contributed by atoms with Crippen LogP contribution in [0.1, 0.15) is 14.3 Å². The third-order valence-corrected chi connectivity index (χ3v) is 2.60. The Labute approximate surface area is 275 Å². The summed E-state index contributed by atoms with van der Waals surface area (Å²) in [5.74, 6) is -0.905. The standard InChI is InChI=1S/C6H6F3NO2.C3H2ClF3O.C3H5NO.CH2O3.ClH.2K.H/c7-6(8,9)1-5(12)10-2-4(11)3-10;4-2(8)1-3(5,6)7;5-3-1-4-2-3;2-1-4-3;;;;/h1-3H2;1H2;4H,1-2H2;1,3H;1H;;;/q;;;;;2*+1;-1/p-1. The number of rotatable bonds is 3. The van der Waals surface area contributed by atoms with Crippen LogP contribution in [-0.4, -0.2) is 72.6 Å². The molecule has 2 heterocycles. The molecule has 1 N–H and O–H groups in total. The van der Waals surface area contributed by atoms with Crippen molar-refractivity contribution in [1.29, 1.82) is 0 Å². The first-order valence-corrected chi connectivity index (χ1v) is 7.55. The molecule has 2 aliphatic rings. The van der Waals surface area contributed by atoms with Crippen LogP contribution in [0.3, 0.4) is 0 Å². The smallest absolute Gasteiger partial charge is 1.00 e. The predicted molar refractivity (Wildman–Crippen MR) is 87.2 cm³/mol. The van der Waals surface area contributed by atoms with Gasteiger partial charge in [-0.25, -0.2) is 0 Å². The van der Waals surface area contributed by atoms with Crippen LogP contribution in [0.15, 0.2) is 0 Å². The van der Waals surface area contributed by atoms with Crippen LogP contribution in [-0.2, 0) is 28.9 Å². The first-order chi connectivity index (χ1) is 13.1. The molecule has 2 aliphatic heterocycles. The van der Waals surface area contributed by atoms with E-state index in [1.54, 1.807) is 0 Å². The molecule has 2 rings (SSSR count). The molecule has 2 saturated heterocycles. The van der Waals surface area contributed by atoms with Crippen LogP contribution in [0.4, 0.5) is 26.3 Å². The van der Waals surface area contributed by atoms with Crippen molar-refractivity contribution in [2.45, 2.75) is 25.2 Å². The average Bonchev–Trinajstić information content (AvgIpc) is 2.47. The Morgan fingerprint density at radius 1 is 1.03 bits per heavy atom. The third kappa shape index (κ3) is 31.3. The molecule has 32 heavy (non-hydrogen) atoms. The van der Waals surface area contributed by atoms with Gasteiger partial charge in [0.05, 0.1) is 26.2 Å². The van der Waals surface area contributed by atoms with Crippen LogP contribution in [0.25, 0.3) is 0 Å². The number of nitrogens with zero attached hydrogens (tertiary/aromatic N) is 1. The van der Waals surface area contributed by atoms with Gasteiger partial charge < -0.3 is 21.8 Å². The number of carbonyl (C=O) groups excluding carboxylic acids is 5. The van der Waals surface area contributed by atoms with E-state index < -0.39 is 36.3 Å². The van der Waals surface area contributed by atoms with Crippen molar-refractivity contribution < 1.29 is 165 Å². The maximum Gasteiger partial charge on any atom is 1.00 e. The molecule has 0 aromatic heterocycles. The zero-order valence-electron chi connectivity index (χ0n) is 17.7. The van der Waals surface area contributed by atoms with E-state index in [9.17, 15) is 45.5 Å². The zero-order valence-corrected chi connectivity index (χ0v) is 24.5. The van der Waals surface area contributed by atoms with Crippen molar-refractivity contribution in [2.24, 2.45) is 0 Å². The second-order valence-electron chi connectivity index (χ2n) is 5.06. The SMILES string of the molecule is Cl.O=C(Cl)CC(F)(F)F.O=C1CN(C(=O)CC(F)(F)F)C1.O=C1CNC1.O=CO[O-].[H-].[K+].[K+]. The van der Waals surface area contributed by atoms with E-state index in [0.29, 0.717) is 18.9 Å². The van der Waals surface area contributed by atoms with Crippen molar-refractivity contribution in [3.8, 4) is 0 Å². The molecule has 0 atom stereocenters. The number of hydrogen-bond donors (Lipinski definition) is 1. The minimum absolute atomic E-state index is 0. The van der Waals surface area contributed by atoms with E-state index in [1.807, 2.05) is 0 Å². The van der Waals surface area contributed by atoms with Crippen LogP contribution in [0.2, 0.25) is 0 Å². The normalized spacial score (nSPS) is 13.6. The summed E-state index contributed by atoms with van der Waals surface area (Å²) in [7, 11) is 0. The van der Waals surface area contributed by atoms with Gasteiger partial charge in [0, 0.05) is 0 Å². The van der Waals surface area contributed by atoms with E-state index >= 15 is 0 Å². The van der Waals surface area contributed by atoms with Crippen LogP contribution >= 0.6 is 24.0 Å².